The summed E-state index contributed by atoms with van der Waals surface area (Å²) in [6.45, 7) is 5.38. The monoisotopic (exact) mass is 307 g/mol. The Morgan fingerprint density at radius 3 is 2.75 bits per heavy atom. The predicted molar refractivity (Wildman–Crippen MR) is 90.0 cm³/mol. The molecule has 1 unspecified atom stereocenters. The summed E-state index contributed by atoms with van der Waals surface area (Å²) < 4.78 is 0. The summed E-state index contributed by atoms with van der Waals surface area (Å²) in [5, 5.41) is 8.77. The quantitative estimate of drug-likeness (QED) is 0.749. The van der Waals surface area contributed by atoms with E-state index in [0.717, 1.165) is 24.4 Å². The molecule has 0 amide bonds. The van der Waals surface area contributed by atoms with E-state index in [1.807, 2.05) is 12.1 Å². The van der Waals surface area contributed by atoms with Gasteiger partial charge in [-0.05, 0) is 58.8 Å². The van der Waals surface area contributed by atoms with Crippen LogP contribution in [0, 0.1) is 0 Å². The zero-order valence-electron chi connectivity index (χ0n) is 12.1. The van der Waals surface area contributed by atoms with Crippen molar-refractivity contribution in [2.24, 2.45) is 0 Å². The summed E-state index contributed by atoms with van der Waals surface area (Å²) in [5.74, 6) is 0.510. The number of hydrogen-bond donors (Lipinski definition) is 1. The van der Waals surface area contributed by atoms with Crippen molar-refractivity contribution in [1.29, 1.82) is 0 Å². The van der Waals surface area contributed by atoms with Crippen LogP contribution in [-0.4, -0.2) is 12.6 Å². The summed E-state index contributed by atoms with van der Waals surface area (Å²) in [6, 6.07) is 11.0. The van der Waals surface area contributed by atoms with E-state index < -0.39 is 0 Å². The summed E-state index contributed by atoms with van der Waals surface area (Å²) in [4.78, 5) is 0. The minimum absolute atomic E-state index is 0.510. The number of nitrogens with one attached hydrogen (secondary N) is 1. The average Bonchev–Trinajstić information content (AvgIpc) is 2.91. The highest BCUT2D eigenvalue weighted by atomic mass is 35.5. The van der Waals surface area contributed by atoms with Gasteiger partial charge in [0.05, 0.1) is 0 Å². The Hall–Kier alpha value is -0.830. The van der Waals surface area contributed by atoms with Crippen LogP contribution in [0.15, 0.2) is 41.1 Å². The topological polar surface area (TPSA) is 12.0 Å². The Kier molecular flexibility index (Phi) is 6.08. The van der Waals surface area contributed by atoms with Gasteiger partial charge >= 0.3 is 0 Å². The van der Waals surface area contributed by atoms with Crippen LogP contribution in [0.5, 0.6) is 0 Å². The number of halogens is 1. The van der Waals surface area contributed by atoms with E-state index in [-0.39, 0.29) is 0 Å². The van der Waals surface area contributed by atoms with Gasteiger partial charge in [0.1, 0.15) is 0 Å². The van der Waals surface area contributed by atoms with Gasteiger partial charge in [0.25, 0.3) is 0 Å². The molecule has 3 heteroatoms. The lowest BCUT2D eigenvalue weighted by molar-refractivity contribution is 0.508. The predicted octanol–water partition coefficient (Wildman–Crippen LogP) is 5.12. The van der Waals surface area contributed by atoms with Crippen LogP contribution in [0.2, 0.25) is 5.02 Å². The third-order valence-electron chi connectivity index (χ3n) is 3.45. The fraction of sp³-hybridized carbons (Fsp3) is 0.412. The fourth-order valence-electron chi connectivity index (χ4n) is 2.30. The van der Waals surface area contributed by atoms with E-state index in [1.165, 1.54) is 11.1 Å². The Morgan fingerprint density at radius 1 is 1.25 bits per heavy atom. The largest absolute Gasteiger partial charge is 0.314 e. The van der Waals surface area contributed by atoms with Gasteiger partial charge in [0, 0.05) is 17.6 Å². The maximum Gasteiger partial charge on any atom is 0.0408 e. The molecule has 2 rings (SSSR count). The number of aryl methyl sites for hydroxylation is 1. The van der Waals surface area contributed by atoms with Crippen molar-refractivity contribution in [2.45, 2.75) is 38.6 Å². The zero-order valence-corrected chi connectivity index (χ0v) is 13.7. The van der Waals surface area contributed by atoms with Crippen molar-refractivity contribution >= 4 is 22.9 Å². The van der Waals surface area contributed by atoms with Gasteiger partial charge in [0.15, 0.2) is 0 Å². The first-order valence-corrected chi connectivity index (χ1v) is 8.47. The molecule has 1 aromatic carbocycles. The van der Waals surface area contributed by atoms with Crippen LogP contribution in [0.1, 0.15) is 37.3 Å². The fourth-order valence-corrected chi connectivity index (χ4v) is 3.20. The summed E-state index contributed by atoms with van der Waals surface area (Å²) in [5.41, 5.74) is 2.77. The Bertz CT molecular complexity index is 507. The first kappa shape index (κ1) is 15.6. The van der Waals surface area contributed by atoms with Gasteiger partial charge in [-0.15, -0.1) is 0 Å². The molecule has 1 N–H and O–H groups in total. The van der Waals surface area contributed by atoms with Crippen molar-refractivity contribution in [2.75, 3.05) is 6.54 Å². The Morgan fingerprint density at radius 2 is 2.10 bits per heavy atom. The van der Waals surface area contributed by atoms with E-state index in [1.54, 1.807) is 11.3 Å². The second-order valence-electron chi connectivity index (χ2n) is 5.49. The number of hydrogen-bond acceptors (Lipinski definition) is 2. The Balaban J connectivity index is 2.03. The lowest BCUT2D eigenvalue weighted by Crippen LogP contribution is -2.28. The molecule has 0 radical (unpaired) electrons. The molecule has 2 aromatic rings. The second-order valence-corrected chi connectivity index (χ2v) is 6.70. The first-order chi connectivity index (χ1) is 9.65. The molecule has 0 saturated carbocycles. The molecule has 1 nitrogen and oxygen atoms in total. The SMILES string of the molecule is CC(C)NCC(CCc1ccsc1)c1cccc(Cl)c1. The molecule has 108 valence electrons. The van der Waals surface area contributed by atoms with E-state index in [9.17, 15) is 0 Å². The van der Waals surface area contributed by atoms with Gasteiger partial charge in [-0.2, -0.15) is 11.3 Å². The molecule has 0 spiro atoms. The van der Waals surface area contributed by atoms with Crippen LogP contribution in [-0.2, 0) is 6.42 Å². The molecule has 0 bridgehead atoms. The molecular formula is C17H22ClNS. The molecule has 1 heterocycles. The third-order valence-corrected chi connectivity index (χ3v) is 4.42. The van der Waals surface area contributed by atoms with Crippen LogP contribution >= 0.6 is 22.9 Å². The van der Waals surface area contributed by atoms with Gasteiger partial charge in [-0.1, -0.05) is 37.6 Å². The summed E-state index contributed by atoms with van der Waals surface area (Å²) in [7, 11) is 0. The van der Waals surface area contributed by atoms with Gasteiger partial charge < -0.3 is 5.32 Å². The van der Waals surface area contributed by atoms with Crippen molar-refractivity contribution in [3.05, 3.63) is 57.2 Å². The molecule has 20 heavy (non-hydrogen) atoms. The number of rotatable bonds is 7. The molecule has 0 aliphatic carbocycles. The summed E-state index contributed by atoms with van der Waals surface area (Å²) >= 11 is 7.90. The lowest BCUT2D eigenvalue weighted by atomic mass is 9.92. The second kappa shape index (κ2) is 7.82. The minimum Gasteiger partial charge on any atom is -0.314 e. The normalized spacial score (nSPS) is 12.8. The van der Waals surface area contributed by atoms with Crippen molar-refractivity contribution in [3.8, 4) is 0 Å². The highest BCUT2D eigenvalue weighted by Crippen LogP contribution is 2.24. The smallest absolute Gasteiger partial charge is 0.0408 e. The van der Waals surface area contributed by atoms with E-state index in [0.29, 0.717) is 12.0 Å². The van der Waals surface area contributed by atoms with E-state index in [4.69, 9.17) is 11.6 Å². The van der Waals surface area contributed by atoms with Crippen molar-refractivity contribution < 1.29 is 0 Å². The maximum absolute atomic E-state index is 6.13. The van der Waals surface area contributed by atoms with Gasteiger partial charge in [-0.3, -0.25) is 0 Å². The van der Waals surface area contributed by atoms with Crippen LogP contribution in [0.25, 0.3) is 0 Å². The molecule has 0 saturated heterocycles. The van der Waals surface area contributed by atoms with Gasteiger partial charge in [-0.25, -0.2) is 0 Å². The maximum atomic E-state index is 6.13. The number of thiophene rings is 1. The molecular weight excluding hydrogens is 286 g/mol. The first-order valence-electron chi connectivity index (χ1n) is 7.15. The van der Waals surface area contributed by atoms with Crippen LogP contribution in [0.4, 0.5) is 0 Å². The summed E-state index contributed by atoms with van der Waals surface area (Å²) in [6.07, 6.45) is 2.28. The highest BCUT2D eigenvalue weighted by Gasteiger charge is 2.13. The van der Waals surface area contributed by atoms with Crippen molar-refractivity contribution in [1.82, 2.24) is 5.32 Å². The highest BCUT2D eigenvalue weighted by molar-refractivity contribution is 7.07. The molecule has 0 aliphatic rings. The molecule has 1 aromatic heterocycles. The third kappa shape index (κ3) is 4.93. The minimum atomic E-state index is 0.510. The van der Waals surface area contributed by atoms with Gasteiger partial charge in [0.2, 0.25) is 0 Å². The molecule has 0 aliphatic heterocycles. The van der Waals surface area contributed by atoms with Crippen molar-refractivity contribution in [3.63, 3.8) is 0 Å². The van der Waals surface area contributed by atoms with Crippen LogP contribution < -0.4 is 5.32 Å². The van der Waals surface area contributed by atoms with Crippen LogP contribution in [0.3, 0.4) is 0 Å². The Labute approximate surface area is 131 Å². The molecule has 0 fully saturated rings. The standard InChI is InChI=1S/C17H22ClNS/c1-13(2)19-11-16(7-6-14-8-9-20-12-14)15-4-3-5-17(18)10-15/h3-5,8-10,12-13,16,19H,6-7,11H2,1-2H3. The molecule has 1 atom stereocenters. The average molecular weight is 308 g/mol. The zero-order chi connectivity index (χ0) is 14.4. The van der Waals surface area contributed by atoms with E-state index in [2.05, 4.69) is 48.1 Å². The number of benzene rings is 1. The lowest BCUT2D eigenvalue weighted by Gasteiger charge is -2.20. The van der Waals surface area contributed by atoms with E-state index >= 15 is 0 Å².